The quantitative estimate of drug-likeness (QED) is 0.665. The molecule has 0 radical (unpaired) electrons. The van der Waals surface area contributed by atoms with E-state index in [1.54, 1.807) is 0 Å². The number of carbonyl (C=O) groups is 2. The molecule has 6 heteroatoms. The Bertz CT molecular complexity index is 737. The van der Waals surface area contributed by atoms with Crippen LogP contribution in [0.2, 0.25) is 0 Å². The van der Waals surface area contributed by atoms with Crippen molar-refractivity contribution in [3.8, 4) is 0 Å². The van der Waals surface area contributed by atoms with Crippen LogP contribution in [0.3, 0.4) is 0 Å². The lowest BCUT2D eigenvalue weighted by molar-refractivity contribution is -0.124. The van der Waals surface area contributed by atoms with E-state index in [0.29, 0.717) is 24.4 Å². The number of ether oxygens (including phenoxy) is 1. The van der Waals surface area contributed by atoms with E-state index in [2.05, 4.69) is 29.4 Å². The van der Waals surface area contributed by atoms with E-state index in [9.17, 15) is 9.59 Å². The molecule has 1 aliphatic heterocycles. The molecule has 1 aliphatic carbocycles. The van der Waals surface area contributed by atoms with Gasteiger partial charge in [-0.15, -0.1) is 0 Å². The van der Waals surface area contributed by atoms with Crippen LogP contribution < -0.4 is 10.6 Å². The van der Waals surface area contributed by atoms with Crippen molar-refractivity contribution in [3.05, 3.63) is 35.4 Å². The van der Waals surface area contributed by atoms with E-state index in [0.717, 1.165) is 44.7 Å². The molecule has 0 aromatic heterocycles. The molecule has 2 N–H and O–H groups in total. The van der Waals surface area contributed by atoms with Crippen LogP contribution in [-0.2, 0) is 9.53 Å². The SMILES string of the molecule is Cc1ccccc1C(=O)NC(CC(C)C)C(=O)NCC1(N2CCOCC2)CCCCC1. The molecule has 1 atom stereocenters. The predicted molar refractivity (Wildman–Crippen MR) is 123 cm³/mol. The molecule has 1 saturated carbocycles. The molecule has 2 aliphatic rings. The molecule has 1 heterocycles. The van der Waals surface area contributed by atoms with E-state index in [-0.39, 0.29) is 17.4 Å². The predicted octanol–water partition coefficient (Wildman–Crippen LogP) is 3.29. The van der Waals surface area contributed by atoms with Gasteiger partial charge in [-0.3, -0.25) is 14.5 Å². The van der Waals surface area contributed by atoms with Crippen molar-refractivity contribution in [2.45, 2.75) is 70.9 Å². The second-order valence-electron chi connectivity index (χ2n) is 9.57. The van der Waals surface area contributed by atoms with Gasteiger partial charge in [0.1, 0.15) is 6.04 Å². The Morgan fingerprint density at radius 1 is 1.10 bits per heavy atom. The molecule has 2 amide bonds. The summed E-state index contributed by atoms with van der Waals surface area (Å²) in [4.78, 5) is 28.6. The minimum atomic E-state index is -0.530. The number of hydrogen-bond donors (Lipinski definition) is 2. The Kier molecular flexibility index (Phi) is 8.50. The molecular formula is C25H39N3O3. The fourth-order valence-electron chi connectivity index (χ4n) is 4.99. The van der Waals surface area contributed by atoms with Gasteiger partial charge in [-0.2, -0.15) is 0 Å². The highest BCUT2D eigenvalue weighted by Crippen LogP contribution is 2.34. The highest BCUT2D eigenvalue weighted by atomic mass is 16.5. The van der Waals surface area contributed by atoms with E-state index in [1.807, 2.05) is 31.2 Å². The van der Waals surface area contributed by atoms with Crippen molar-refractivity contribution in [2.24, 2.45) is 5.92 Å². The summed E-state index contributed by atoms with van der Waals surface area (Å²) in [5, 5.41) is 6.23. The normalized spacial score (nSPS) is 20.3. The summed E-state index contributed by atoms with van der Waals surface area (Å²) in [6, 6.07) is 6.97. The van der Waals surface area contributed by atoms with Crippen molar-refractivity contribution in [1.29, 1.82) is 0 Å². The Morgan fingerprint density at radius 3 is 2.42 bits per heavy atom. The molecule has 31 heavy (non-hydrogen) atoms. The number of amides is 2. The third-order valence-corrected chi connectivity index (χ3v) is 6.78. The summed E-state index contributed by atoms with van der Waals surface area (Å²) in [7, 11) is 0. The lowest BCUT2D eigenvalue weighted by atomic mass is 9.79. The first-order valence-corrected chi connectivity index (χ1v) is 11.9. The minimum absolute atomic E-state index is 0.0140. The van der Waals surface area contributed by atoms with Crippen LogP contribution in [0.1, 0.15) is 68.3 Å². The van der Waals surface area contributed by atoms with Gasteiger partial charge in [0.25, 0.3) is 5.91 Å². The maximum atomic E-state index is 13.2. The van der Waals surface area contributed by atoms with Crippen molar-refractivity contribution in [2.75, 3.05) is 32.8 Å². The first kappa shape index (κ1) is 23.7. The zero-order chi connectivity index (χ0) is 22.3. The molecule has 1 aromatic rings. The number of nitrogens with zero attached hydrogens (tertiary/aromatic N) is 1. The van der Waals surface area contributed by atoms with Gasteiger partial charge in [0, 0.05) is 30.7 Å². The highest BCUT2D eigenvalue weighted by Gasteiger charge is 2.39. The largest absolute Gasteiger partial charge is 0.379 e. The second-order valence-corrected chi connectivity index (χ2v) is 9.57. The molecule has 1 aromatic carbocycles. The van der Waals surface area contributed by atoms with Crippen LogP contribution in [-0.4, -0.2) is 61.1 Å². The number of hydrogen-bond acceptors (Lipinski definition) is 4. The maximum absolute atomic E-state index is 13.2. The third-order valence-electron chi connectivity index (χ3n) is 6.78. The van der Waals surface area contributed by atoms with Crippen LogP contribution >= 0.6 is 0 Å². The molecule has 6 nitrogen and oxygen atoms in total. The standard InChI is InChI=1S/C25H39N3O3/c1-19(2)17-22(27-23(29)21-10-6-5-9-20(21)3)24(30)26-18-25(11-7-4-8-12-25)28-13-15-31-16-14-28/h5-6,9-10,19,22H,4,7-8,11-18H2,1-3H3,(H,26,30)(H,27,29). The van der Waals surface area contributed by atoms with Crippen LogP contribution in [0.25, 0.3) is 0 Å². The van der Waals surface area contributed by atoms with Gasteiger partial charge in [0.05, 0.1) is 13.2 Å². The van der Waals surface area contributed by atoms with Gasteiger partial charge in [0.15, 0.2) is 0 Å². The minimum Gasteiger partial charge on any atom is -0.379 e. The highest BCUT2D eigenvalue weighted by molar-refractivity contribution is 5.98. The maximum Gasteiger partial charge on any atom is 0.252 e. The summed E-state index contributed by atoms with van der Waals surface area (Å²) in [6.07, 6.45) is 6.51. The van der Waals surface area contributed by atoms with Gasteiger partial charge >= 0.3 is 0 Å². The number of carbonyl (C=O) groups excluding carboxylic acids is 2. The summed E-state index contributed by atoms with van der Waals surface area (Å²) in [5.41, 5.74) is 1.55. The Hall–Kier alpha value is -1.92. The summed E-state index contributed by atoms with van der Waals surface area (Å²) >= 11 is 0. The van der Waals surface area contributed by atoms with Crippen molar-refractivity contribution in [1.82, 2.24) is 15.5 Å². The van der Waals surface area contributed by atoms with E-state index >= 15 is 0 Å². The average Bonchev–Trinajstić information content (AvgIpc) is 2.78. The van der Waals surface area contributed by atoms with Gasteiger partial charge in [0.2, 0.25) is 5.91 Å². The van der Waals surface area contributed by atoms with Crippen LogP contribution in [0, 0.1) is 12.8 Å². The van der Waals surface area contributed by atoms with Crippen molar-refractivity contribution >= 4 is 11.8 Å². The number of morpholine rings is 1. The first-order chi connectivity index (χ1) is 14.9. The lowest BCUT2D eigenvalue weighted by Gasteiger charge is -2.48. The molecule has 1 unspecified atom stereocenters. The Balaban J connectivity index is 1.67. The zero-order valence-corrected chi connectivity index (χ0v) is 19.4. The fraction of sp³-hybridized carbons (Fsp3) is 0.680. The molecule has 1 saturated heterocycles. The third kappa shape index (κ3) is 6.30. The van der Waals surface area contributed by atoms with E-state index < -0.39 is 6.04 Å². The fourth-order valence-corrected chi connectivity index (χ4v) is 4.99. The molecular weight excluding hydrogens is 390 g/mol. The Labute approximate surface area is 187 Å². The zero-order valence-electron chi connectivity index (χ0n) is 19.4. The lowest BCUT2D eigenvalue weighted by Crippen LogP contribution is -2.61. The monoisotopic (exact) mass is 429 g/mol. The topological polar surface area (TPSA) is 70.7 Å². The van der Waals surface area contributed by atoms with Crippen LogP contribution in [0.4, 0.5) is 0 Å². The molecule has 3 rings (SSSR count). The smallest absolute Gasteiger partial charge is 0.252 e. The van der Waals surface area contributed by atoms with Gasteiger partial charge in [-0.1, -0.05) is 51.3 Å². The second kappa shape index (κ2) is 11.1. The van der Waals surface area contributed by atoms with E-state index in [4.69, 9.17) is 4.74 Å². The van der Waals surface area contributed by atoms with E-state index in [1.165, 1.54) is 19.3 Å². The molecule has 0 spiro atoms. The van der Waals surface area contributed by atoms with Gasteiger partial charge < -0.3 is 15.4 Å². The number of aryl methyl sites for hydroxylation is 1. The number of benzene rings is 1. The summed E-state index contributed by atoms with van der Waals surface area (Å²) in [5.74, 6) is 0.0455. The van der Waals surface area contributed by atoms with Crippen LogP contribution in [0.5, 0.6) is 0 Å². The average molecular weight is 430 g/mol. The number of rotatable bonds is 8. The van der Waals surface area contributed by atoms with Crippen molar-refractivity contribution < 1.29 is 14.3 Å². The first-order valence-electron chi connectivity index (χ1n) is 11.9. The molecule has 0 bridgehead atoms. The number of nitrogens with one attached hydrogen (secondary N) is 2. The van der Waals surface area contributed by atoms with Crippen LogP contribution in [0.15, 0.2) is 24.3 Å². The summed E-state index contributed by atoms with van der Waals surface area (Å²) in [6.45, 7) is 10.1. The van der Waals surface area contributed by atoms with Gasteiger partial charge in [-0.05, 0) is 43.7 Å². The molecule has 2 fully saturated rings. The Morgan fingerprint density at radius 2 is 1.77 bits per heavy atom. The summed E-state index contributed by atoms with van der Waals surface area (Å²) < 4.78 is 5.56. The molecule has 172 valence electrons. The van der Waals surface area contributed by atoms with Crippen molar-refractivity contribution in [3.63, 3.8) is 0 Å². The van der Waals surface area contributed by atoms with Gasteiger partial charge in [-0.25, -0.2) is 0 Å².